The van der Waals surface area contributed by atoms with Crippen LogP contribution in [0.2, 0.25) is 0 Å². The van der Waals surface area contributed by atoms with E-state index < -0.39 is 17.9 Å². The molecule has 80 valence electrons. The molecule has 1 aromatic rings. The maximum Gasteiger partial charge on any atom is 0.326 e. The lowest BCUT2D eigenvalue weighted by Gasteiger charge is -2.10. The first kappa shape index (κ1) is 10.8. The summed E-state index contributed by atoms with van der Waals surface area (Å²) in [5, 5.41) is 23.0. The van der Waals surface area contributed by atoms with Gasteiger partial charge in [-0.3, -0.25) is 4.79 Å². The van der Waals surface area contributed by atoms with Crippen LogP contribution in [0.3, 0.4) is 0 Å². The van der Waals surface area contributed by atoms with Gasteiger partial charge >= 0.3 is 5.97 Å². The normalized spacial score (nSPS) is 11.7. The Morgan fingerprint density at radius 1 is 1.67 bits per heavy atom. The second kappa shape index (κ2) is 4.84. The molecule has 15 heavy (non-hydrogen) atoms. The van der Waals surface area contributed by atoms with Crippen molar-refractivity contribution < 1.29 is 14.7 Å². The summed E-state index contributed by atoms with van der Waals surface area (Å²) in [6, 6.07) is -1.03. The molecule has 0 aliphatic heterocycles. The van der Waals surface area contributed by atoms with Gasteiger partial charge in [0.25, 0.3) is 11.7 Å². The van der Waals surface area contributed by atoms with Crippen molar-refractivity contribution in [3.8, 4) is 0 Å². The Hall–Kier alpha value is -2.25. The fourth-order valence-electron chi connectivity index (χ4n) is 0.869. The topological polar surface area (TPSA) is 121 Å². The summed E-state index contributed by atoms with van der Waals surface area (Å²) in [7, 11) is 0. The number of amides is 1. The molecule has 3 N–H and O–H groups in total. The van der Waals surface area contributed by atoms with Gasteiger partial charge in [-0.2, -0.15) is 5.21 Å². The van der Waals surface area contributed by atoms with Crippen LogP contribution in [0.15, 0.2) is 12.7 Å². The highest BCUT2D eigenvalue weighted by atomic mass is 16.4. The minimum atomic E-state index is -1.15. The molecule has 1 heterocycles. The Labute approximate surface area is 84.4 Å². The van der Waals surface area contributed by atoms with E-state index in [1.165, 1.54) is 6.08 Å². The summed E-state index contributed by atoms with van der Waals surface area (Å²) in [5.41, 5.74) is 0. The summed E-state index contributed by atoms with van der Waals surface area (Å²) in [6.45, 7) is 3.39. The fraction of sp³-hybridized carbons (Fsp3) is 0.286. The highest BCUT2D eigenvalue weighted by molar-refractivity contribution is 5.93. The molecular formula is C7H9N5O3. The van der Waals surface area contributed by atoms with Crippen molar-refractivity contribution in [3.63, 3.8) is 0 Å². The lowest BCUT2D eigenvalue weighted by Crippen LogP contribution is -2.40. The number of hydrogen-bond donors (Lipinski definition) is 3. The van der Waals surface area contributed by atoms with Crippen molar-refractivity contribution in [2.75, 3.05) is 0 Å². The predicted octanol–water partition coefficient (Wildman–Crippen LogP) is -1.04. The molecule has 0 aromatic carbocycles. The SMILES string of the molecule is C=CCC(NC(=O)c1nn[nH]n1)C(=O)O. The molecule has 0 aliphatic carbocycles. The van der Waals surface area contributed by atoms with E-state index in [1.807, 2.05) is 0 Å². The number of nitrogens with zero attached hydrogens (tertiary/aromatic N) is 3. The van der Waals surface area contributed by atoms with Gasteiger partial charge in [0, 0.05) is 0 Å². The molecule has 0 spiro atoms. The van der Waals surface area contributed by atoms with E-state index in [1.54, 1.807) is 0 Å². The number of rotatable bonds is 5. The molecule has 0 bridgehead atoms. The van der Waals surface area contributed by atoms with Crippen LogP contribution >= 0.6 is 0 Å². The van der Waals surface area contributed by atoms with Gasteiger partial charge in [0.2, 0.25) is 0 Å². The molecular weight excluding hydrogens is 202 g/mol. The van der Waals surface area contributed by atoms with Gasteiger partial charge in [-0.15, -0.1) is 16.8 Å². The van der Waals surface area contributed by atoms with Crippen molar-refractivity contribution >= 4 is 11.9 Å². The van der Waals surface area contributed by atoms with Crippen molar-refractivity contribution in [3.05, 3.63) is 18.5 Å². The van der Waals surface area contributed by atoms with E-state index in [4.69, 9.17) is 5.11 Å². The number of aliphatic carboxylic acids is 1. The van der Waals surface area contributed by atoms with Gasteiger partial charge in [0.15, 0.2) is 0 Å². The molecule has 0 radical (unpaired) electrons. The molecule has 0 fully saturated rings. The molecule has 0 saturated heterocycles. The van der Waals surface area contributed by atoms with Crippen LogP contribution < -0.4 is 5.32 Å². The van der Waals surface area contributed by atoms with E-state index in [2.05, 4.69) is 32.5 Å². The third kappa shape index (κ3) is 2.86. The summed E-state index contributed by atoms with van der Waals surface area (Å²) in [4.78, 5) is 22.0. The van der Waals surface area contributed by atoms with Gasteiger partial charge in [0.1, 0.15) is 6.04 Å². The molecule has 1 rings (SSSR count). The van der Waals surface area contributed by atoms with Crippen LogP contribution in [0.25, 0.3) is 0 Å². The predicted molar refractivity (Wildman–Crippen MR) is 47.9 cm³/mol. The van der Waals surface area contributed by atoms with Crippen LogP contribution in [0.4, 0.5) is 0 Å². The number of carboxylic acids is 1. The first-order chi connectivity index (χ1) is 7.15. The zero-order chi connectivity index (χ0) is 11.3. The average molecular weight is 211 g/mol. The van der Waals surface area contributed by atoms with E-state index >= 15 is 0 Å². The van der Waals surface area contributed by atoms with E-state index in [0.29, 0.717) is 0 Å². The van der Waals surface area contributed by atoms with Crippen LogP contribution in [-0.4, -0.2) is 43.6 Å². The zero-order valence-corrected chi connectivity index (χ0v) is 7.67. The second-order valence-corrected chi connectivity index (χ2v) is 2.62. The van der Waals surface area contributed by atoms with Gasteiger partial charge in [-0.05, 0) is 11.6 Å². The number of carbonyl (C=O) groups is 2. The molecule has 1 aromatic heterocycles. The number of hydrogen-bond acceptors (Lipinski definition) is 5. The first-order valence-corrected chi connectivity index (χ1v) is 4.03. The maximum atomic E-state index is 11.3. The average Bonchev–Trinajstić information content (AvgIpc) is 2.69. The smallest absolute Gasteiger partial charge is 0.326 e. The number of H-pyrrole nitrogens is 1. The number of aromatic nitrogens is 4. The lowest BCUT2D eigenvalue weighted by atomic mass is 10.2. The zero-order valence-electron chi connectivity index (χ0n) is 7.67. The Morgan fingerprint density at radius 2 is 2.40 bits per heavy atom. The Morgan fingerprint density at radius 3 is 2.87 bits per heavy atom. The highest BCUT2D eigenvalue weighted by Crippen LogP contribution is 1.95. The summed E-state index contributed by atoms with van der Waals surface area (Å²) >= 11 is 0. The number of aromatic amines is 1. The standard InChI is InChI=1S/C7H9N5O3/c1-2-3-4(7(14)15)8-6(13)5-9-11-12-10-5/h2,4H,1,3H2,(H,8,13)(H,14,15)(H,9,10,11,12). The van der Waals surface area contributed by atoms with Crippen molar-refractivity contribution in [2.24, 2.45) is 0 Å². The summed E-state index contributed by atoms with van der Waals surface area (Å²) in [6.07, 6.45) is 1.52. The van der Waals surface area contributed by atoms with Crippen molar-refractivity contribution in [1.82, 2.24) is 25.9 Å². The van der Waals surface area contributed by atoms with Crippen molar-refractivity contribution in [2.45, 2.75) is 12.5 Å². The monoisotopic (exact) mass is 211 g/mol. The molecule has 8 heteroatoms. The van der Waals surface area contributed by atoms with Crippen LogP contribution in [0, 0.1) is 0 Å². The van der Waals surface area contributed by atoms with Gasteiger partial charge in [-0.1, -0.05) is 6.08 Å². The number of carboxylic acid groups (broad SMARTS) is 1. The second-order valence-electron chi connectivity index (χ2n) is 2.62. The lowest BCUT2D eigenvalue weighted by molar-refractivity contribution is -0.139. The number of tetrazole rings is 1. The third-order valence-electron chi connectivity index (χ3n) is 1.55. The fourth-order valence-corrected chi connectivity index (χ4v) is 0.869. The van der Waals surface area contributed by atoms with Gasteiger partial charge < -0.3 is 10.4 Å². The largest absolute Gasteiger partial charge is 0.480 e. The molecule has 0 saturated carbocycles. The van der Waals surface area contributed by atoms with Gasteiger partial charge in [-0.25, -0.2) is 4.79 Å². The van der Waals surface area contributed by atoms with Crippen LogP contribution in [-0.2, 0) is 4.79 Å². The first-order valence-electron chi connectivity index (χ1n) is 4.03. The van der Waals surface area contributed by atoms with Gasteiger partial charge in [0.05, 0.1) is 0 Å². The summed E-state index contributed by atoms with van der Waals surface area (Å²) < 4.78 is 0. The Bertz CT molecular complexity index is 361. The third-order valence-corrected chi connectivity index (χ3v) is 1.55. The maximum absolute atomic E-state index is 11.3. The van der Waals surface area contributed by atoms with E-state index in [0.717, 1.165) is 0 Å². The van der Waals surface area contributed by atoms with Crippen LogP contribution in [0.5, 0.6) is 0 Å². The quantitative estimate of drug-likeness (QED) is 0.535. The van der Waals surface area contributed by atoms with Crippen molar-refractivity contribution in [1.29, 1.82) is 0 Å². The summed E-state index contributed by atoms with van der Waals surface area (Å²) in [5.74, 6) is -2.05. The Kier molecular flexibility index (Phi) is 3.49. The van der Waals surface area contributed by atoms with E-state index in [9.17, 15) is 9.59 Å². The minimum absolute atomic E-state index is 0.124. The molecule has 1 atom stereocenters. The molecule has 8 nitrogen and oxygen atoms in total. The Balaban J connectivity index is 2.62. The number of carbonyl (C=O) groups excluding carboxylic acids is 1. The highest BCUT2D eigenvalue weighted by Gasteiger charge is 2.21. The van der Waals surface area contributed by atoms with Crippen LogP contribution in [0.1, 0.15) is 17.0 Å². The van der Waals surface area contributed by atoms with E-state index in [-0.39, 0.29) is 12.2 Å². The molecule has 0 aliphatic rings. The molecule has 1 unspecified atom stereocenters. The number of nitrogens with one attached hydrogen (secondary N) is 2. The minimum Gasteiger partial charge on any atom is -0.480 e. The molecule has 1 amide bonds.